The van der Waals surface area contributed by atoms with E-state index in [4.69, 9.17) is 0 Å². The number of rotatable bonds is 1. The summed E-state index contributed by atoms with van der Waals surface area (Å²) in [5, 5.41) is 9.74. The first-order chi connectivity index (χ1) is 6.79. The molecule has 2 rings (SSSR count). The zero-order valence-electron chi connectivity index (χ0n) is 9.38. The van der Waals surface area contributed by atoms with Crippen molar-refractivity contribution in [3.63, 3.8) is 0 Å². The van der Waals surface area contributed by atoms with Crippen LogP contribution in [0, 0.1) is 6.92 Å². The molecule has 0 heterocycles. The normalized spacial score (nSPS) is 8.29. The molecule has 0 aliphatic heterocycles. The maximum absolute atomic E-state index is 9.74. The first-order valence-corrected chi connectivity index (χ1v) is 4.63. The number of halogens is 2. The van der Waals surface area contributed by atoms with Gasteiger partial charge in [-0.3, -0.25) is 0 Å². The summed E-state index contributed by atoms with van der Waals surface area (Å²) in [6.07, 6.45) is 0. The third kappa shape index (κ3) is 4.36. The van der Waals surface area contributed by atoms with Crippen LogP contribution in [0.2, 0.25) is 0 Å². The largest absolute Gasteiger partial charge is 0.507 e. The summed E-state index contributed by atoms with van der Waals surface area (Å²) in [5.41, 5.74) is 3.08. The molecule has 0 saturated heterocycles. The molecule has 0 spiro atoms. The summed E-state index contributed by atoms with van der Waals surface area (Å²) >= 11 is 0. The summed E-state index contributed by atoms with van der Waals surface area (Å²) in [6, 6.07) is 15.5. The molecule has 0 aliphatic rings. The van der Waals surface area contributed by atoms with E-state index in [1.54, 1.807) is 6.07 Å². The van der Waals surface area contributed by atoms with Gasteiger partial charge in [0.2, 0.25) is 0 Å². The van der Waals surface area contributed by atoms with Gasteiger partial charge < -0.3 is 5.11 Å². The van der Waals surface area contributed by atoms with Crippen LogP contribution in [0.3, 0.4) is 0 Å². The molecule has 90 valence electrons. The Labute approximate surface area is 129 Å². The SMILES string of the molecule is Cc1cccc(O)c1-c1ccccc1.Cl.Cl.[Ti]. The van der Waals surface area contributed by atoms with E-state index in [1.165, 1.54) is 0 Å². The molecule has 0 atom stereocenters. The van der Waals surface area contributed by atoms with E-state index in [0.717, 1.165) is 16.7 Å². The Bertz CT molecular complexity index is 426. The van der Waals surface area contributed by atoms with Crippen molar-refractivity contribution in [3.05, 3.63) is 54.1 Å². The Morgan fingerprint density at radius 3 is 1.94 bits per heavy atom. The summed E-state index contributed by atoms with van der Waals surface area (Å²) in [7, 11) is 0. The number of hydrogen-bond acceptors (Lipinski definition) is 1. The molecule has 0 radical (unpaired) electrons. The van der Waals surface area contributed by atoms with E-state index in [9.17, 15) is 5.11 Å². The molecule has 2 aromatic rings. The second kappa shape index (κ2) is 8.60. The van der Waals surface area contributed by atoms with Gasteiger partial charge in [0.15, 0.2) is 0 Å². The Kier molecular flexibility index (Phi) is 9.55. The van der Waals surface area contributed by atoms with Crippen LogP contribution in [0.25, 0.3) is 11.1 Å². The van der Waals surface area contributed by atoms with Gasteiger partial charge in [0, 0.05) is 27.3 Å². The van der Waals surface area contributed by atoms with Crippen molar-refractivity contribution >= 4 is 24.8 Å². The third-order valence-corrected chi connectivity index (χ3v) is 2.31. The fourth-order valence-electron chi connectivity index (χ4n) is 1.63. The van der Waals surface area contributed by atoms with Crippen molar-refractivity contribution in [2.75, 3.05) is 0 Å². The second-order valence-electron chi connectivity index (χ2n) is 3.34. The van der Waals surface area contributed by atoms with E-state index >= 15 is 0 Å². The fourth-order valence-corrected chi connectivity index (χ4v) is 1.63. The van der Waals surface area contributed by atoms with Gasteiger partial charge in [0.25, 0.3) is 0 Å². The average molecular weight is 305 g/mol. The molecular weight excluding hydrogens is 291 g/mol. The van der Waals surface area contributed by atoms with Crippen LogP contribution in [-0.4, -0.2) is 5.11 Å². The number of hydrogen-bond donors (Lipinski definition) is 1. The van der Waals surface area contributed by atoms with Crippen LogP contribution >= 0.6 is 24.8 Å². The maximum Gasteiger partial charge on any atom is 0.123 e. The quantitative estimate of drug-likeness (QED) is 0.783. The molecule has 1 nitrogen and oxygen atoms in total. The van der Waals surface area contributed by atoms with E-state index in [1.807, 2.05) is 49.4 Å². The minimum absolute atomic E-state index is 0. The van der Waals surface area contributed by atoms with Gasteiger partial charge in [-0.25, -0.2) is 0 Å². The van der Waals surface area contributed by atoms with Gasteiger partial charge in [-0.2, -0.15) is 0 Å². The molecule has 1 N–H and O–H groups in total. The molecule has 0 fully saturated rings. The van der Waals surface area contributed by atoms with Gasteiger partial charge in [0.1, 0.15) is 5.75 Å². The number of aromatic hydroxyl groups is 1. The minimum atomic E-state index is 0. The fraction of sp³-hybridized carbons (Fsp3) is 0.0769. The van der Waals surface area contributed by atoms with Crippen molar-refractivity contribution < 1.29 is 26.8 Å². The Hall–Kier alpha value is -0.466. The predicted octanol–water partition coefficient (Wildman–Crippen LogP) is 4.21. The molecule has 2 aromatic carbocycles. The van der Waals surface area contributed by atoms with Gasteiger partial charge in [0.05, 0.1) is 0 Å². The zero-order chi connectivity index (χ0) is 9.97. The first kappa shape index (κ1) is 18.9. The minimum Gasteiger partial charge on any atom is -0.507 e. The average Bonchev–Trinajstić information content (AvgIpc) is 2.19. The molecule has 4 heteroatoms. The molecule has 0 aromatic heterocycles. The zero-order valence-corrected chi connectivity index (χ0v) is 12.6. The Morgan fingerprint density at radius 1 is 0.824 bits per heavy atom. The number of benzene rings is 2. The van der Waals surface area contributed by atoms with Crippen molar-refractivity contribution in [2.45, 2.75) is 6.92 Å². The summed E-state index contributed by atoms with van der Waals surface area (Å²) < 4.78 is 0. The van der Waals surface area contributed by atoms with Crippen LogP contribution in [0.5, 0.6) is 5.75 Å². The van der Waals surface area contributed by atoms with Gasteiger partial charge in [-0.15, -0.1) is 24.8 Å². The molecule has 0 saturated carbocycles. The van der Waals surface area contributed by atoms with Crippen LogP contribution in [0.4, 0.5) is 0 Å². The number of phenolic OH excluding ortho intramolecular Hbond substituents is 1. The third-order valence-electron chi connectivity index (χ3n) is 2.31. The molecule has 0 aliphatic carbocycles. The van der Waals surface area contributed by atoms with E-state index in [0.29, 0.717) is 5.75 Å². The van der Waals surface area contributed by atoms with Crippen molar-refractivity contribution in [2.24, 2.45) is 0 Å². The smallest absolute Gasteiger partial charge is 0.123 e. The van der Waals surface area contributed by atoms with Crippen molar-refractivity contribution in [1.29, 1.82) is 0 Å². The standard InChI is InChI=1S/C13H12O.2ClH.Ti/c1-10-6-5-9-12(14)13(10)11-7-3-2-4-8-11;;;/h2-9,14H,1H3;2*1H;. The second-order valence-corrected chi connectivity index (χ2v) is 3.34. The van der Waals surface area contributed by atoms with Crippen molar-refractivity contribution in [1.82, 2.24) is 0 Å². The van der Waals surface area contributed by atoms with Gasteiger partial charge in [-0.1, -0.05) is 42.5 Å². The van der Waals surface area contributed by atoms with Crippen LogP contribution in [0.1, 0.15) is 5.56 Å². The van der Waals surface area contributed by atoms with E-state index in [2.05, 4.69) is 0 Å². The molecule has 0 bridgehead atoms. The predicted molar refractivity (Wildman–Crippen MR) is 72.8 cm³/mol. The number of aryl methyl sites for hydroxylation is 1. The van der Waals surface area contributed by atoms with Gasteiger partial charge >= 0.3 is 0 Å². The van der Waals surface area contributed by atoms with Crippen molar-refractivity contribution in [3.8, 4) is 16.9 Å². The van der Waals surface area contributed by atoms with Crippen LogP contribution in [0.15, 0.2) is 48.5 Å². The monoisotopic (exact) mass is 304 g/mol. The summed E-state index contributed by atoms with van der Waals surface area (Å²) in [5.74, 6) is 0.344. The maximum atomic E-state index is 9.74. The molecule has 17 heavy (non-hydrogen) atoms. The van der Waals surface area contributed by atoms with Gasteiger partial charge in [-0.05, 0) is 24.1 Å². The topological polar surface area (TPSA) is 20.2 Å². The van der Waals surface area contributed by atoms with E-state index < -0.39 is 0 Å². The summed E-state index contributed by atoms with van der Waals surface area (Å²) in [6.45, 7) is 2.00. The van der Waals surface area contributed by atoms with Crippen LogP contribution < -0.4 is 0 Å². The molecular formula is C13H14Cl2OTi. The number of phenols is 1. The summed E-state index contributed by atoms with van der Waals surface area (Å²) in [4.78, 5) is 0. The first-order valence-electron chi connectivity index (χ1n) is 4.63. The molecule has 0 amide bonds. The Morgan fingerprint density at radius 2 is 1.41 bits per heavy atom. The Balaban J connectivity index is 0. The van der Waals surface area contributed by atoms with E-state index in [-0.39, 0.29) is 46.5 Å². The van der Waals surface area contributed by atoms with Crippen LogP contribution in [-0.2, 0) is 21.7 Å². The molecule has 0 unspecified atom stereocenters.